The van der Waals surface area contributed by atoms with E-state index in [2.05, 4.69) is 15.9 Å². The third-order valence-corrected chi connectivity index (χ3v) is 2.72. The zero-order valence-electron chi connectivity index (χ0n) is 7.21. The van der Waals surface area contributed by atoms with E-state index in [1.54, 1.807) is 6.07 Å². The van der Waals surface area contributed by atoms with Gasteiger partial charge >= 0.3 is 0 Å². The van der Waals surface area contributed by atoms with Crippen molar-refractivity contribution in [1.29, 1.82) is 0 Å². The molecule has 0 heterocycles. The van der Waals surface area contributed by atoms with E-state index in [4.69, 9.17) is 0 Å². The first-order valence-corrected chi connectivity index (χ1v) is 4.85. The Hall–Kier alpha value is -1.02. The number of aromatic hydroxyl groups is 1. The van der Waals surface area contributed by atoms with Gasteiger partial charge in [-0.3, -0.25) is 0 Å². The molecule has 66 valence electrons. The lowest BCUT2D eigenvalue weighted by molar-refractivity contribution is 0.472. The summed E-state index contributed by atoms with van der Waals surface area (Å²) >= 11 is 3.41. The molecule has 0 radical (unpaired) electrons. The molecule has 0 fully saturated rings. The lowest BCUT2D eigenvalue weighted by atomic mass is 10.1. The maximum absolute atomic E-state index is 9.49. The van der Waals surface area contributed by atoms with Crippen LogP contribution in [0.2, 0.25) is 0 Å². The molecule has 0 unspecified atom stereocenters. The zero-order valence-corrected chi connectivity index (χ0v) is 8.80. The van der Waals surface area contributed by atoms with Crippen LogP contribution in [0.5, 0.6) is 5.75 Å². The summed E-state index contributed by atoms with van der Waals surface area (Å²) < 4.78 is 1.04. The molecule has 1 nitrogen and oxygen atoms in total. The van der Waals surface area contributed by atoms with E-state index >= 15 is 0 Å². The molecular formula is C11H9BrO. The SMILES string of the molecule is Cc1c(O)ccc2ccc(Br)cc12. The van der Waals surface area contributed by atoms with Crippen molar-refractivity contribution in [1.82, 2.24) is 0 Å². The average Bonchev–Trinajstić information content (AvgIpc) is 2.12. The summed E-state index contributed by atoms with van der Waals surface area (Å²) in [6.07, 6.45) is 0. The van der Waals surface area contributed by atoms with Crippen molar-refractivity contribution in [2.24, 2.45) is 0 Å². The predicted molar refractivity (Wildman–Crippen MR) is 58.0 cm³/mol. The van der Waals surface area contributed by atoms with Crippen molar-refractivity contribution in [3.8, 4) is 5.75 Å². The summed E-state index contributed by atoms with van der Waals surface area (Å²) in [6.45, 7) is 1.92. The molecule has 0 aromatic heterocycles. The van der Waals surface area contributed by atoms with Gasteiger partial charge in [-0.05, 0) is 41.5 Å². The van der Waals surface area contributed by atoms with Crippen LogP contribution in [0.25, 0.3) is 10.8 Å². The summed E-state index contributed by atoms with van der Waals surface area (Å²) in [7, 11) is 0. The quantitative estimate of drug-likeness (QED) is 0.741. The Labute approximate surface area is 85.1 Å². The van der Waals surface area contributed by atoms with Crippen molar-refractivity contribution >= 4 is 26.7 Å². The summed E-state index contributed by atoms with van der Waals surface area (Å²) in [5, 5.41) is 11.7. The first kappa shape index (κ1) is 8.57. The van der Waals surface area contributed by atoms with Gasteiger partial charge in [0.2, 0.25) is 0 Å². The Kier molecular flexibility index (Phi) is 2.00. The van der Waals surface area contributed by atoms with Crippen molar-refractivity contribution in [3.63, 3.8) is 0 Å². The topological polar surface area (TPSA) is 20.2 Å². The van der Waals surface area contributed by atoms with E-state index in [1.807, 2.05) is 31.2 Å². The highest BCUT2D eigenvalue weighted by Gasteiger charge is 2.01. The van der Waals surface area contributed by atoms with Crippen LogP contribution in [0.1, 0.15) is 5.56 Å². The molecule has 0 saturated carbocycles. The molecule has 2 rings (SSSR count). The van der Waals surface area contributed by atoms with Gasteiger partial charge < -0.3 is 5.11 Å². The number of halogens is 1. The average molecular weight is 237 g/mol. The number of rotatable bonds is 0. The molecule has 2 heteroatoms. The van der Waals surface area contributed by atoms with E-state index in [-0.39, 0.29) is 0 Å². The van der Waals surface area contributed by atoms with Crippen LogP contribution < -0.4 is 0 Å². The number of hydrogen-bond acceptors (Lipinski definition) is 1. The Morgan fingerprint density at radius 2 is 1.85 bits per heavy atom. The minimum atomic E-state index is 0.352. The third-order valence-electron chi connectivity index (χ3n) is 2.22. The molecule has 2 aromatic rings. The maximum Gasteiger partial charge on any atom is 0.119 e. The lowest BCUT2D eigenvalue weighted by Gasteiger charge is -2.04. The minimum absolute atomic E-state index is 0.352. The second-order valence-corrected chi connectivity index (χ2v) is 3.99. The molecule has 0 atom stereocenters. The number of benzene rings is 2. The summed E-state index contributed by atoms with van der Waals surface area (Å²) in [5.41, 5.74) is 0.929. The second kappa shape index (κ2) is 3.04. The second-order valence-electron chi connectivity index (χ2n) is 3.08. The summed E-state index contributed by atoms with van der Waals surface area (Å²) in [5.74, 6) is 0.352. The Balaban J connectivity index is 2.89. The van der Waals surface area contributed by atoms with Crippen LogP contribution in [0.15, 0.2) is 34.8 Å². The summed E-state index contributed by atoms with van der Waals surface area (Å²) in [6, 6.07) is 9.70. The van der Waals surface area contributed by atoms with E-state index in [9.17, 15) is 5.11 Å². The molecule has 0 spiro atoms. The van der Waals surface area contributed by atoms with Crippen molar-refractivity contribution < 1.29 is 5.11 Å². The monoisotopic (exact) mass is 236 g/mol. The molecule has 0 aliphatic rings. The highest BCUT2D eigenvalue weighted by Crippen LogP contribution is 2.28. The molecule has 0 aliphatic heterocycles. The molecule has 0 saturated heterocycles. The Morgan fingerprint density at radius 1 is 1.15 bits per heavy atom. The van der Waals surface area contributed by atoms with Gasteiger partial charge in [-0.2, -0.15) is 0 Å². The molecule has 0 aliphatic carbocycles. The normalized spacial score (nSPS) is 10.6. The lowest BCUT2D eigenvalue weighted by Crippen LogP contribution is -1.79. The number of phenolic OH excluding ortho intramolecular Hbond substituents is 1. The highest BCUT2D eigenvalue weighted by molar-refractivity contribution is 9.10. The first-order chi connectivity index (χ1) is 6.18. The van der Waals surface area contributed by atoms with Crippen LogP contribution in [0.4, 0.5) is 0 Å². The minimum Gasteiger partial charge on any atom is -0.508 e. The fourth-order valence-electron chi connectivity index (χ4n) is 1.43. The van der Waals surface area contributed by atoms with E-state index in [0.717, 1.165) is 20.8 Å². The maximum atomic E-state index is 9.49. The van der Waals surface area contributed by atoms with Crippen LogP contribution in [-0.2, 0) is 0 Å². The molecular weight excluding hydrogens is 228 g/mol. The zero-order chi connectivity index (χ0) is 9.42. The highest BCUT2D eigenvalue weighted by atomic mass is 79.9. The van der Waals surface area contributed by atoms with Gasteiger partial charge in [0.1, 0.15) is 5.75 Å². The smallest absolute Gasteiger partial charge is 0.119 e. The van der Waals surface area contributed by atoms with Gasteiger partial charge in [0.25, 0.3) is 0 Å². The first-order valence-electron chi connectivity index (χ1n) is 4.06. The van der Waals surface area contributed by atoms with Crippen molar-refractivity contribution in [3.05, 3.63) is 40.4 Å². The standard InChI is InChI=1S/C11H9BrO/c1-7-10-6-9(12)4-2-8(10)3-5-11(7)13/h2-6,13H,1H3. The van der Waals surface area contributed by atoms with Crippen LogP contribution in [0, 0.1) is 6.92 Å². The van der Waals surface area contributed by atoms with Gasteiger partial charge in [0.15, 0.2) is 0 Å². The van der Waals surface area contributed by atoms with Crippen molar-refractivity contribution in [2.75, 3.05) is 0 Å². The van der Waals surface area contributed by atoms with Crippen LogP contribution in [0.3, 0.4) is 0 Å². The van der Waals surface area contributed by atoms with E-state index in [0.29, 0.717) is 5.75 Å². The molecule has 0 amide bonds. The number of hydrogen-bond donors (Lipinski definition) is 1. The largest absolute Gasteiger partial charge is 0.508 e. The van der Waals surface area contributed by atoms with E-state index in [1.165, 1.54) is 0 Å². The molecule has 0 bridgehead atoms. The van der Waals surface area contributed by atoms with Crippen LogP contribution in [-0.4, -0.2) is 5.11 Å². The van der Waals surface area contributed by atoms with Gasteiger partial charge in [-0.15, -0.1) is 0 Å². The Bertz CT molecular complexity index is 458. The van der Waals surface area contributed by atoms with Gasteiger partial charge in [-0.25, -0.2) is 0 Å². The van der Waals surface area contributed by atoms with Gasteiger partial charge in [0.05, 0.1) is 0 Å². The fourth-order valence-corrected chi connectivity index (χ4v) is 1.79. The molecule has 1 N–H and O–H groups in total. The molecule has 13 heavy (non-hydrogen) atoms. The fraction of sp³-hybridized carbons (Fsp3) is 0.0909. The summed E-state index contributed by atoms with van der Waals surface area (Å²) in [4.78, 5) is 0. The van der Waals surface area contributed by atoms with Gasteiger partial charge in [0, 0.05) is 4.47 Å². The number of phenols is 1. The molecule has 2 aromatic carbocycles. The van der Waals surface area contributed by atoms with E-state index < -0.39 is 0 Å². The third kappa shape index (κ3) is 1.42. The number of fused-ring (bicyclic) bond motifs is 1. The van der Waals surface area contributed by atoms with Crippen LogP contribution >= 0.6 is 15.9 Å². The Morgan fingerprint density at radius 3 is 2.62 bits per heavy atom. The predicted octanol–water partition coefficient (Wildman–Crippen LogP) is 3.62. The van der Waals surface area contributed by atoms with Gasteiger partial charge in [-0.1, -0.05) is 28.1 Å². The van der Waals surface area contributed by atoms with Crippen molar-refractivity contribution in [2.45, 2.75) is 6.92 Å². The number of aryl methyl sites for hydroxylation is 1.